The van der Waals surface area contributed by atoms with Gasteiger partial charge in [0.05, 0.1) is 11.5 Å². The molecule has 0 spiro atoms. The van der Waals surface area contributed by atoms with E-state index in [0.717, 1.165) is 34.3 Å². The molecule has 4 rings (SSSR count). The molecule has 0 radical (unpaired) electrons. The summed E-state index contributed by atoms with van der Waals surface area (Å²) in [4.78, 5) is 0.987. The summed E-state index contributed by atoms with van der Waals surface area (Å²) in [5.74, 6) is 3.69. The number of rotatable bonds is 7. The van der Waals surface area contributed by atoms with E-state index in [1.807, 2.05) is 35.7 Å². The monoisotopic (exact) mass is 362 g/mol. The fourth-order valence-electron chi connectivity index (χ4n) is 2.14. The first-order chi connectivity index (χ1) is 11.9. The van der Waals surface area contributed by atoms with Gasteiger partial charge in [-0.25, -0.2) is 0 Å². The van der Waals surface area contributed by atoms with E-state index in [1.54, 1.807) is 11.3 Å². The highest BCUT2D eigenvalue weighted by Gasteiger charge is 2.13. The number of benzene rings is 1. The summed E-state index contributed by atoms with van der Waals surface area (Å²) in [5.41, 5.74) is 0. The maximum absolute atomic E-state index is 5.72. The average Bonchev–Trinajstić information content (AvgIpc) is 3.34. The van der Waals surface area contributed by atoms with Crippen molar-refractivity contribution in [3.05, 3.63) is 35.7 Å². The maximum Gasteiger partial charge on any atom is 0.276 e. The largest absolute Gasteiger partial charge is 0.493 e. The van der Waals surface area contributed by atoms with E-state index in [1.165, 1.54) is 11.8 Å². The van der Waals surface area contributed by atoms with Crippen molar-refractivity contribution in [1.29, 1.82) is 0 Å². The number of aromatic nitrogens is 2. The summed E-state index contributed by atoms with van der Waals surface area (Å²) in [6, 6.07) is 9.51. The molecule has 24 heavy (non-hydrogen) atoms. The molecule has 0 saturated heterocycles. The Hall–Kier alpha value is -2.19. The number of nitrogens with zero attached hydrogens (tertiary/aromatic N) is 2. The van der Waals surface area contributed by atoms with Gasteiger partial charge in [0.2, 0.25) is 6.79 Å². The molecule has 6 nitrogen and oxygen atoms in total. The molecular weight excluding hydrogens is 348 g/mol. The molecule has 1 aromatic carbocycles. The molecule has 3 aromatic rings. The molecule has 0 saturated carbocycles. The van der Waals surface area contributed by atoms with Gasteiger partial charge in [0.15, 0.2) is 11.5 Å². The van der Waals surface area contributed by atoms with E-state index >= 15 is 0 Å². The van der Waals surface area contributed by atoms with Crippen molar-refractivity contribution in [2.75, 3.05) is 19.2 Å². The zero-order chi connectivity index (χ0) is 16.2. The fourth-order valence-corrected chi connectivity index (χ4v) is 3.46. The second kappa shape index (κ2) is 7.14. The van der Waals surface area contributed by atoms with Crippen molar-refractivity contribution in [2.45, 2.75) is 11.6 Å². The summed E-state index contributed by atoms with van der Waals surface area (Å²) < 4.78 is 21.9. The van der Waals surface area contributed by atoms with E-state index < -0.39 is 0 Å². The van der Waals surface area contributed by atoms with Crippen LogP contribution in [0.1, 0.15) is 6.42 Å². The van der Waals surface area contributed by atoms with Crippen LogP contribution in [0.3, 0.4) is 0 Å². The van der Waals surface area contributed by atoms with Crippen molar-refractivity contribution >= 4 is 23.1 Å². The van der Waals surface area contributed by atoms with Crippen molar-refractivity contribution in [2.24, 2.45) is 0 Å². The van der Waals surface area contributed by atoms with Crippen molar-refractivity contribution in [3.8, 4) is 28.0 Å². The zero-order valence-electron chi connectivity index (χ0n) is 12.6. The van der Waals surface area contributed by atoms with Gasteiger partial charge in [0.25, 0.3) is 11.1 Å². The van der Waals surface area contributed by atoms with E-state index in [4.69, 9.17) is 18.6 Å². The molecule has 0 unspecified atom stereocenters. The standard InChI is InChI=1S/C16H14N2O4S2/c1-3-14(23-7-1)15-17-18-16(22-15)24-8-2-6-19-11-4-5-12-13(9-11)21-10-20-12/h1,3-5,7,9H,2,6,8,10H2. The molecule has 0 aliphatic carbocycles. The van der Waals surface area contributed by atoms with Gasteiger partial charge in [-0.1, -0.05) is 17.8 Å². The molecule has 0 N–H and O–H groups in total. The fraction of sp³-hybridized carbons (Fsp3) is 0.250. The van der Waals surface area contributed by atoms with Gasteiger partial charge in [0, 0.05) is 11.8 Å². The summed E-state index contributed by atoms with van der Waals surface area (Å²) in [6.07, 6.45) is 0.871. The zero-order valence-corrected chi connectivity index (χ0v) is 14.3. The summed E-state index contributed by atoms with van der Waals surface area (Å²) in [6.45, 7) is 0.881. The molecule has 0 fully saturated rings. The third-order valence-electron chi connectivity index (χ3n) is 3.27. The number of thiophene rings is 1. The minimum Gasteiger partial charge on any atom is -0.493 e. The lowest BCUT2D eigenvalue weighted by Gasteiger charge is -2.06. The van der Waals surface area contributed by atoms with E-state index in [0.29, 0.717) is 17.7 Å². The molecule has 0 atom stereocenters. The third kappa shape index (κ3) is 3.49. The smallest absolute Gasteiger partial charge is 0.276 e. The van der Waals surface area contributed by atoms with Crippen LogP contribution < -0.4 is 14.2 Å². The third-order valence-corrected chi connectivity index (χ3v) is 5.03. The van der Waals surface area contributed by atoms with Crippen LogP contribution >= 0.6 is 23.1 Å². The molecule has 124 valence electrons. The van der Waals surface area contributed by atoms with Gasteiger partial charge in [0.1, 0.15) is 5.75 Å². The van der Waals surface area contributed by atoms with Crippen LogP contribution in [0.25, 0.3) is 10.8 Å². The lowest BCUT2D eigenvalue weighted by Crippen LogP contribution is -1.98. The second-order valence-corrected chi connectivity index (χ2v) is 6.91. The quantitative estimate of drug-likeness (QED) is 0.463. The highest BCUT2D eigenvalue weighted by molar-refractivity contribution is 7.99. The molecule has 1 aliphatic heterocycles. The van der Waals surface area contributed by atoms with Crippen LogP contribution in [-0.4, -0.2) is 29.4 Å². The Kier molecular flexibility index (Phi) is 4.57. The highest BCUT2D eigenvalue weighted by Crippen LogP contribution is 2.35. The Balaban J connectivity index is 1.21. The molecule has 3 heterocycles. The van der Waals surface area contributed by atoms with Crippen LogP contribution in [0.4, 0.5) is 0 Å². The van der Waals surface area contributed by atoms with Gasteiger partial charge in [-0.15, -0.1) is 21.5 Å². The Morgan fingerprint density at radius 2 is 2.12 bits per heavy atom. The molecule has 2 aromatic heterocycles. The summed E-state index contributed by atoms with van der Waals surface area (Å²) in [5, 5.41) is 10.7. The average molecular weight is 362 g/mol. The Morgan fingerprint density at radius 1 is 1.17 bits per heavy atom. The number of ether oxygens (including phenoxy) is 3. The van der Waals surface area contributed by atoms with Gasteiger partial charge < -0.3 is 18.6 Å². The second-order valence-electron chi connectivity index (χ2n) is 4.92. The molecular formula is C16H14N2O4S2. The first-order valence-electron chi connectivity index (χ1n) is 7.41. The van der Waals surface area contributed by atoms with Crippen LogP contribution in [0.15, 0.2) is 45.4 Å². The molecule has 1 aliphatic rings. The number of hydrogen-bond donors (Lipinski definition) is 0. The topological polar surface area (TPSA) is 66.6 Å². The van der Waals surface area contributed by atoms with E-state index in [2.05, 4.69) is 10.2 Å². The van der Waals surface area contributed by atoms with Crippen LogP contribution in [0.5, 0.6) is 17.2 Å². The SMILES string of the molecule is c1csc(-c2nnc(SCCCOc3ccc4c(c3)OCO4)o2)c1. The van der Waals surface area contributed by atoms with Gasteiger partial charge in [-0.3, -0.25) is 0 Å². The lowest BCUT2D eigenvalue weighted by atomic mass is 10.3. The highest BCUT2D eigenvalue weighted by atomic mass is 32.2. The van der Waals surface area contributed by atoms with Crippen molar-refractivity contribution in [1.82, 2.24) is 10.2 Å². The first-order valence-corrected chi connectivity index (χ1v) is 9.28. The van der Waals surface area contributed by atoms with Crippen LogP contribution in [0, 0.1) is 0 Å². The van der Waals surface area contributed by atoms with Crippen LogP contribution in [0.2, 0.25) is 0 Å². The van der Waals surface area contributed by atoms with E-state index in [-0.39, 0.29) is 6.79 Å². The minimum absolute atomic E-state index is 0.271. The molecule has 0 amide bonds. The summed E-state index contributed by atoms with van der Waals surface area (Å²) in [7, 11) is 0. The predicted octanol–water partition coefficient (Wildman–Crippen LogP) is 4.09. The van der Waals surface area contributed by atoms with Gasteiger partial charge in [-0.2, -0.15) is 0 Å². The first kappa shape index (κ1) is 15.3. The van der Waals surface area contributed by atoms with Crippen molar-refractivity contribution in [3.63, 3.8) is 0 Å². The Labute approximate surface area is 146 Å². The molecule has 8 heteroatoms. The Bertz CT molecular complexity index is 804. The van der Waals surface area contributed by atoms with Crippen molar-refractivity contribution < 1.29 is 18.6 Å². The van der Waals surface area contributed by atoms with E-state index in [9.17, 15) is 0 Å². The van der Waals surface area contributed by atoms with Gasteiger partial charge >= 0.3 is 0 Å². The lowest BCUT2D eigenvalue weighted by molar-refractivity contribution is 0.173. The maximum atomic E-state index is 5.72. The number of fused-ring (bicyclic) bond motifs is 1. The summed E-state index contributed by atoms with van der Waals surface area (Å²) >= 11 is 3.12. The number of thioether (sulfide) groups is 1. The normalized spacial score (nSPS) is 12.5. The minimum atomic E-state index is 0.271. The van der Waals surface area contributed by atoms with Gasteiger partial charge in [-0.05, 0) is 30.0 Å². The van der Waals surface area contributed by atoms with Crippen LogP contribution in [-0.2, 0) is 0 Å². The predicted molar refractivity (Wildman–Crippen MR) is 91.0 cm³/mol. The number of hydrogen-bond acceptors (Lipinski definition) is 8. The Morgan fingerprint density at radius 3 is 3.04 bits per heavy atom. The molecule has 0 bridgehead atoms.